The minimum absolute atomic E-state index is 0.347. The van der Waals surface area contributed by atoms with E-state index in [4.69, 9.17) is 0 Å². The molecule has 0 N–H and O–H groups in total. The van der Waals surface area contributed by atoms with Crippen molar-refractivity contribution in [1.29, 1.82) is 0 Å². The van der Waals surface area contributed by atoms with Crippen molar-refractivity contribution in [2.24, 2.45) is 0 Å². The lowest BCUT2D eigenvalue weighted by atomic mass is 10.2. The molecule has 5 heteroatoms. The van der Waals surface area contributed by atoms with Gasteiger partial charge in [0.2, 0.25) is 10.0 Å². The Morgan fingerprint density at radius 1 is 1.07 bits per heavy atom. The number of hydrogen-bond donors (Lipinski definition) is 0. The van der Waals surface area contributed by atoms with E-state index in [9.17, 15) is 8.42 Å². The zero-order valence-corrected chi connectivity index (χ0v) is 9.28. The molecule has 0 unspecified atom stereocenters. The first kappa shape index (κ1) is 10.6. The van der Waals surface area contributed by atoms with E-state index in [2.05, 4.69) is 4.98 Å². The third-order valence-corrected chi connectivity index (χ3v) is 4.52. The molecule has 2 heterocycles. The minimum atomic E-state index is -3.27. The summed E-state index contributed by atoms with van der Waals surface area (Å²) in [6.45, 7) is 1.29. The molecule has 15 heavy (non-hydrogen) atoms. The predicted molar refractivity (Wildman–Crippen MR) is 56.8 cm³/mol. The molecule has 0 aliphatic carbocycles. The van der Waals surface area contributed by atoms with Gasteiger partial charge in [0.25, 0.3) is 0 Å². The van der Waals surface area contributed by atoms with Gasteiger partial charge in [-0.05, 0) is 25.0 Å². The fourth-order valence-electron chi connectivity index (χ4n) is 1.76. The quantitative estimate of drug-likeness (QED) is 0.762. The van der Waals surface area contributed by atoms with Gasteiger partial charge in [-0.2, -0.15) is 4.31 Å². The molecule has 0 amide bonds. The van der Waals surface area contributed by atoms with Gasteiger partial charge in [-0.1, -0.05) is 6.42 Å². The molecule has 1 aromatic rings. The molecular formula is C10H14N2O2S. The number of rotatable bonds is 2. The van der Waals surface area contributed by atoms with Gasteiger partial charge in [0, 0.05) is 25.5 Å². The van der Waals surface area contributed by atoms with Gasteiger partial charge < -0.3 is 0 Å². The van der Waals surface area contributed by atoms with Gasteiger partial charge >= 0.3 is 0 Å². The van der Waals surface area contributed by atoms with E-state index in [0.717, 1.165) is 19.3 Å². The number of pyridine rings is 1. The number of aromatic nitrogens is 1. The van der Waals surface area contributed by atoms with E-state index < -0.39 is 10.0 Å². The highest BCUT2D eigenvalue weighted by molar-refractivity contribution is 7.89. The highest BCUT2D eigenvalue weighted by atomic mass is 32.2. The van der Waals surface area contributed by atoms with Gasteiger partial charge in [-0.3, -0.25) is 4.98 Å². The maximum Gasteiger partial charge on any atom is 0.243 e. The van der Waals surface area contributed by atoms with Crippen LogP contribution in [0.4, 0.5) is 0 Å². The van der Waals surface area contributed by atoms with Crippen LogP contribution in [0.5, 0.6) is 0 Å². The van der Waals surface area contributed by atoms with E-state index in [-0.39, 0.29) is 0 Å². The molecule has 1 aliphatic rings. The molecule has 0 spiro atoms. The molecule has 0 saturated carbocycles. The van der Waals surface area contributed by atoms with Crippen LogP contribution >= 0.6 is 0 Å². The van der Waals surface area contributed by atoms with Crippen molar-refractivity contribution in [2.45, 2.75) is 24.2 Å². The maximum absolute atomic E-state index is 12.1. The second-order valence-electron chi connectivity index (χ2n) is 3.65. The van der Waals surface area contributed by atoms with E-state index >= 15 is 0 Å². The lowest BCUT2D eigenvalue weighted by Gasteiger charge is -2.25. The highest BCUT2D eigenvalue weighted by Crippen LogP contribution is 2.19. The second kappa shape index (κ2) is 4.28. The minimum Gasteiger partial charge on any atom is -0.265 e. The van der Waals surface area contributed by atoms with Crippen molar-refractivity contribution in [1.82, 2.24) is 9.29 Å². The molecule has 82 valence electrons. The van der Waals surface area contributed by atoms with Crippen LogP contribution in [0.3, 0.4) is 0 Å². The van der Waals surface area contributed by atoms with Crippen LogP contribution in [0.2, 0.25) is 0 Å². The van der Waals surface area contributed by atoms with Crippen LogP contribution < -0.4 is 0 Å². The monoisotopic (exact) mass is 226 g/mol. The molecule has 0 bridgehead atoms. The Bertz CT molecular complexity index is 410. The summed E-state index contributed by atoms with van der Waals surface area (Å²) in [5, 5.41) is 0. The summed E-state index contributed by atoms with van der Waals surface area (Å²) < 4.78 is 25.7. The summed E-state index contributed by atoms with van der Waals surface area (Å²) in [6.07, 6.45) is 6.07. The van der Waals surface area contributed by atoms with Gasteiger partial charge in [0.05, 0.1) is 4.90 Å². The molecule has 2 rings (SSSR count). The third kappa shape index (κ3) is 2.18. The van der Waals surface area contributed by atoms with Gasteiger partial charge in [-0.25, -0.2) is 8.42 Å². The first-order chi connectivity index (χ1) is 7.21. The number of piperidine rings is 1. The lowest BCUT2D eigenvalue weighted by molar-refractivity contribution is 0.346. The third-order valence-electron chi connectivity index (χ3n) is 2.60. The maximum atomic E-state index is 12.1. The zero-order valence-electron chi connectivity index (χ0n) is 8.46. The van der Waals surface area contributed by atoms with Crippen LogP contribution in [0, 0.1) is 0 Å². The summed E-state index contributed by atoms with van der Waals surface area (Å²) in [7, 11) is -3.27. The van der Waals surface area contributed by atoms with E-state index in [1.807, 2.05) is 0 Å². The average Bonchev–Trinajstić information content (AvgIpc) is 2.31. The molecule has 1 aromatic heterocycles. The summed E-state index contributed by atoms with van der Waals surface area (Å²) in [6, 6.07) is 3.09. The summed E-state index contributed by atoms with van der Waals surface area (Å²) >= 11 is 0. The number of nitrogens with zero attached hydrogens (tertiary/aromatic N) is 2. The van der Waals surface area contributed by atoms with Crippen LogP contribution in [-0.4, -0.2) is 30.8 Å². The van der Waals surface area contributed by atoms with Crippen LogP contribution in [0.1, 0.15) is 19.3 Å². The SMILES string of the molecule is O=S(=O)(c1ccncc1)N1CCCCC1. The number of sulfonamides is 1. The first-order valence-corrected chi connectivity index (χ1v) is 6.55. The molecule has 0 atom stereocenters. The van der Waals surface area contributed by atoms with Crippen LogP contribution in [-0.2, 0) is 10.0 Å². The Morgan fingerprint density at radius 3 is 2.27 bits per heavy atom. The molecule has 1 fully saturated rings. The van der Waals surface area contributed by atoms with Gasteiger partial charge in [-0.15, -0.1) is 0 Å². The highest BCUT2D eigenvalue weighted by Gasteiger charge is 2.25. The van der Waals surface area contributed by atoms with Crippen molar-refractivity contribution in [3.63, 3.8) is 0 Å². The Morgan fingerprint density at radius 2 is 1.67 bits per heavy atom. The molecule has 1 aliphatic heterocycles. The molecule has 0 radical (unpaired) electrons. The summed E-state index contributed by atoms with van der Waals surface area (Å²) in [5.41, 5.74) is 0. The lowest BCUT2D eigenvalue weighted by Crippen LogP contribution is -2.35. The van der Waals surface area contributed by atoms with Crippen molar-refractivity contribution in [3.8, 4) is 0 Å². The Hall–Kier alpha value is -0.940. The predicted octanol–water partition coefficient (Wildman–Crippen LogP) is 1.26. The van der Waals surface area contributed by atoms with Crippen molar-refractivity contribution >= 4 is 10.0 Å². The zero-order chi connectivity index (χ0) is 10.7. The van der Waals surface area contributed by atoms with Crippen LogP contribution in [0.25, 0.3) is 0 Å². The Labute approximate surface area is 90.0 Å². The first-order valence-electron chi connectivity index (χ1n) is 5.11. The van der Waals surface area contributed by atoms with Crippen molar-refractivity contribution in [3.05, 3.63) is 24.5 Å². The van der Waals surface area contributed by atoms with E-state index in [1.54, 1.807) is 16.4 Å². The van der Waals surface area contributed by atoms with E-state index in [0.29, 0.717) is 18.0 Å². The van der Waals surface area contributed by atoms with Crippen LogP contribution in [0.15, 0.2) is 29.4 Å². The number of hydrogen-bond acceptors (Lipinski definition) is 3. The standard InChI is InChI=1S/C10H14N2O2S/c13-15(14,10-4-6-11-7-5-10)12-8-2-1-3-9-12/h4-7H,1-3,8-9H2. The fourth-order valence-corrected chi connectivity index (χ4v) is 3.27. The van der Waals surface area contributed by atoms with Gasteiger partial charge in [0.15, 0.2) is 0 Å². The molecule has 4 nitrogen and oxygen atoms in total. The Kier molecular flexibility index (Phi) is 3.02. The topological polar surface area (TPSA) is 50.3 Å². The Balaban J connectivity index is 2.26. The summed E-state index contributed by atoms with van der Waals surface area (Å²) in [5.74, 6) is 0. The molecular weight excluding hydrogens is 212 g/mol. The van der Waals surface area contributed by atoms with Crippen molar-refractivity contribution < 1.29 is 8.42 Å². The normalized spacial score (nSPS) is 18.9. The average molecular weight is 226 g/mol. The van der Waals surface area contributed by atoms with Gasteiger partial charge in [0.1, 0.15) is 0 Å². The molecule has 0 aromatic carbocycles. The largest absolute Gasteiger partial charge is 0.265 e. The summed E-state index contributed by atoms with van der Waals surface area (Å²) in [4.78, 5) is 4.17. The smallest absolute Gasteiger partial charge is 0.243 e. The van der Waals surface area contributed by atoms with Crippen molar-refractivity contribution in [2.75, 3.05) is 13.1 Å². The second-order valence-corrected chi connectivity index (χ2v) is 5.59. The van der Waals surface area contributed by atoms with E-state index in [1.165, 1.54) is 12.4 Å². The fraction of sp³-hybridized carbons (Fsp3) is 0.500. The molecule has 1 saturated heterocycles.